The number of hydrogen-bond acceptors (Lipinski definition) is 2. The molecule has 1 aromatic carbocycles. The zero-order valence-electron chi connectivity index (χ0n) is 11.4. The lowest BCUT2D eigenvalue weighted by Crippen LogP contribution is -2.34. The summed E-state index contributed by atoms with van der Waals surface area (Å²) in [7, 11) is 0. The Morgan fingerprint density at radius 1 is 1.14 bits per heavy atom. The van der Waals surface area contributed by atoms with Crippen molar-refractivity contribution >= 4 is 17.6 Å². The first-order valence-corrected chi connectivity index (χ1v) is 6.65. The van der Waals surface area contributed by atoms with Crippen molar-refractivity contribution in [2.24, 2.45) is 11.8 Å². The average molecular weight is 313 g/mol. The van der Waals surface area contributed by atoms with Gasteiger partial charge in [0.2, 0.25) is 5.91 Å². The lowest BCUT2D eigenvalue weighted by atomic mass is 9.82. The van der Waals surface area contributed by atoms with Crippen LogP contribution in [-0.4, -0.2) is 17.0 Å². The lowest BCUT2D eigenvalue weighted by Gasteiger charge is -2.24. The molecule has 4 nitrogen and oxygen atoms in total. The summed E-state index contributed by atoms with van der Waals surface area (Å²) >= 11 is 0. The number of hydrogen-bond donors (Lipinski definition) is 2. The van der Waals surface area contributed by atoms with Crippen molar-refractivity contribution in [3.05, 3.63) is 42.0 Å². The van der Waals surface area contributed by atoms with Crippen LogP contribution in [0.3, 0.4) is 0 Å². The molecule has 2 N–H and O–H groups in total. The minimum atomic E-state index is -4.50. The van der Waals surface area contributed by atoms with Gasteiger partial charge in [-0.2, -0.15) is 13.2 Å². The van der Waals surface area contributed by atoms with E-state index < -0.39 is 35.5 Å². The molecule has 0 bridgehead atoms. The van der Waals surface area contributed by atoms with Gasteiger partial charge in [0.25, 0.3) is 0 Å². The van der Waals surface area contributed by atoms with E-state index in [9.17, 15) is 22.8 Å². The standard InChI is InChI=1S/C15H14F3NO3/c16-15(17,18)9-4-3-5-10(8-9)19-13(20)11-6-1-2-7-12(11)14(21)22/h1-5,8,11-12H,6-7H2,(H,19,20)(H,21,22). The Kier molecular flexibility index (Phi) is 4.54. The molecule has 2 atom stereocenters. The summed E-state index contributed by atoms with van der Waals surface area (Å²) in [4.78, 5) is 23.3. The third kappa shape index (κ3) is 3.66. The third-order valence-electron chi connectivity index (χ3n) is 3.54. The molecule has 1 amide bonds. The van der Waals surface area contributed by atoms with Crippen molar-refractivity contribution in [2.75, 3.05) is 5.32 Å². The van der Waals surface area contributed by atoms with Crippen LogP contribution in [0.5, 0.6) is 0 Å². The van der Waals surface area contributed by atoms with Crippen molar-refractivity contribution in [2.45, 2.75) is 19.0 Å². The molecule has 0 saturated carbocycles. The van der Waals surface area contributed by atoms with Crippen LogP contribution in [0.15, 0.2) is 36.4 Å². The van der Waals surface area contributed by atoms with Crippen molar-refractivity contribution in [1.29, 1.82) is 0 Å². The van der Waals surface area contributed by atoms with Crippen molar-refractivity contribution in [3.8, 4) is 0 Å². The highest BCUT2D eigenvalue weighted by atomic mass is 19.4. The summed E-state index contributed by atoms with van der Waals surface area (Å²) in [6.45, 7) is 0. The van der Waals surface area contributed by atoms with E-state index in [0.717, 1.165) is 12.1 Å². The van der Waals surface area contributed by atoms with E-state index in [0.29, 0.717) is 0 Å². The van der Waals surface area contributed by atoms with E-state index in [2.05, 4.69) is 5.32 Å². The van der Waals surface area contributed by atoms with Crippen LogP contribution >= 0.6 is 0 Å². The summed E-state index contributed by atoms with van der Waals surface area (Å²) in [5.41, 5.74) is -0.873. The highest BCUT2D eigenvalue weighted by Gasteiger charge is 2.34. The van der Waals surface area contributed by atoms with Gasteiger partial charge in [-0.15, -0.1) is 0 Å². The first-order chi connectivity index (χ1) is 10.3. The molecule has 0 fully saturated rings. The minimum Gasteiger partial charge on any atom is -0.481 e. The molecule has 2 unspecified atom stereocenters. The number of carbonyl (C=O) groups excluding carboxylic acids is 1. The van der Waals surface area contributed by atoms with Gasteiger partial charge >= 0.3 is 12.1 Å². The fourth-order valence-electron chi connectivity index (χ4n) is 2.39. The number of halogens is 3. The van der Waals surface area contributed by atoms with Crippen molar-refractivity contribution in [3.63, 3.8) is 0 Å². The normalized spacial score (nSPS) is 21.4. The molecule has 7 heteroatoms. The number of carbonyl (C=O) groups is 2. The summed E-state index contributed by atoms with van der Waals surface area (Å²) in [5.74, 6) is -3.34. The van der Waals surface area contributed by atoms with E-state index in [1.54, 1.807) is 12.2 Å². The highest BCUT2D eigenvalue weighted by Crippen LogP contribution is 2.31. The molecule has 118 valence electrons. The average Bonchev–Trinajstić information content (AvgIpc) is 2.46. The zero-order valence-corrected chi connectivity index (χ0v) is 11.4. The van der Waals surface area contributed by atoms with Gasteiger partial charge < -0.3 is 10.4 Å². The SMILES string of the molecule is O=C(O)C1CC=CCC1C(=O)Nc1cccc(C(F)(F)F)c1. The molecule has 1 aliphatic carbocycles. The van der Waals surface area contributed by atoms with Crippen LogP contribution in [0.25, 0.3) is 0 Å². The topological polar surface area (TPSA) is 66.4 Å². The Morgan fingerprint density at radius 3 is 2.36 bits per heavy atom. The molecule has 1 aromatic rings. The number of amides is 1. The van der Waals surface area contributed by atoms with Gasteiger partial charge in [0.15, 0.2) is 0 Å². The largest absolute Gasteiger partial charge is 0.481 e. The molecule has 0 aromatic heterocycles. The van der Waals surface area contributed by atoms with Crippen LogP contribution in [0.4, 0.5) is 18.9 Å². The second-order valence-corrected chi connectivity index (χ2v) is 5.06. The van der Waals surface area contributed by atoms with E-state index >= 15 is 0 Å². The predicted octanol–water partition coefficient (Wildman–Crippen LogP) is 3.31. The number of anilines is 1. The fourth-order valence-corrected chi connectivity index (χ4v) is 2.39. The van der Waals surface area contributed by atoms with Crippen LogP contribution in [-0.2, 0) is 15.8 Å². The van der Waals surface area contributed by atoms with Gasteiger partial charge in [0.1, 0.15) is 0 Å². The second-order valence-electron chi connectivity index (χ2n) is 5.06. The number of rotatable bonds is 3. The Bertz CT molecular complexity index is 610. The van der Waals surface area contributed by atoms with Crippen molar-refractivity contribution in [1.82, 2.24) is 0 Å². The second kappa shape index (κ2) is 6.21. The third-order valence-corrected chi connectivity index (χ3v) is 3.54. The number of allylic oxidation sites excluding steroid dienone is 2. The molecule has 0 radical (unpaired) electrons. The first-order valence-electron chi connectivity index (χ1n) is 6.65. The number of alkyl halides is 3. The summed E-state index contributed by atoms with van der Waals surface area (Å²) in [6, 6.07) is 4.25. The van der Waals surface area contributed by atoms with E-state index in [-0.39, 0.29) is 18.5 Å². The maximum absolute atomic E-state index is 12.6. The predicted molar refractivity (Wildman–Crippen MR) is 73.1 cm³/mol. The summed E-state index contributed by atoms with van der Waals surface area (Å²) in [6.07, 6.45) is -0.627. The van der Waals surface area contributed by atoms with Gasteiger partial charge in [0.05, 0.1) is 17.4 Å². The van der Waals surface area contributed by atoms with Gasteiger partial charge in [-0.1, -0.05) is 18.2 Å². The Balaban J connectivity index is 2.15. The number of carboxylic acids is 1. The number of aliphatic carboxylic acids is 1. The maximum atomic E-state index is 12.6. The molecule has 22 heavy (non-hydrogen) atoms. The number of nitrogens with one attached hydrogen (secondary N) is 1. The quantitative estimate of drug-likeness (QED) is 0.841. The molecular formula is C15H14F3NO3. The smallest absolute Gasteiger partial charge is 0.416 e. The zero-order chi connectivity index (χ0) is 16.3. The molecule has 0 saturated heterocycles. The molecular weight excluding hydrogens is 299 g/mol. The van der Waals surface area contributed by atoms with Gasteiger partial charge in [-0.05, 0) is 31.0 Å². The molecule has 0 aliphatic heterocycles. The number of carboxylic acid groups (broad SMARTS) is 1. The van der Waals surface area contributed by atoms with E-state index in [1.165, 1.54) is 12.1 Å². The van der Waals surface area contributed by atoms with Crippen LogP contribution in [0, 0.1) is 11.8 Å². The van der Waals surface area contributed by atoms with E-state index in [4.69, 9.17) is 5.11 Å². The molecule has 2 rings (SSSR count). The molecule has 0 heterocycles. The fraction of sp³-hybridized carbons (Fsp3) is 0.333. The van der Waals surface area contributed by atoms with Gasteiger partial charge in [-0.25, -0.2) is 0 Å². The van der Waals surface area contributed by atoms with Crippen LogP contribution in [0.1, 0.15) is 18.4 Å². The Labute approximate surface area is 124 Å². The maximum Gasteiger partial charge on any atom is 0.416 e. The lowest BCUT2D eigenvalue weighted by molar-refractivity contribution is -0.146. The number of benzene rings is 1. The minimum absolute atomic E-state index is 0.00137. The monoisotopic (exact) mass is 313 g/mol. The van der Waals surface area contributed by atoms with Crippen LogP contribution < -0.4 is 5.32 Å². The summed E-state index contributed by atoms with van der Waals surface area (Å²) in [5, 5.41) is 11.5. The van der Waals surface area contributed by atoms with E-state index in [1.807, 2.05) is 0 Å². The van der Waals surface area contributed by atoms with Gasteiger partial charge in [-0.3, -0.25) is 9.59 Å². The first kappa shape index (κ1) is 16.1. The highest BCUT2D eigenvalue weighted by molar-refractivity contribution is 5.95. The Morgan fingerprint density at radius 2 is 1.77 bits per heavy atom. The van der Waals surface area contributed by atoms with Crippen LogP contribution in [0.2, 0.25) is 0 Å². The van der Waals surface area contributed by atoms with Gasteiger partial charge in [0, 0.05) is 5.69 Å². The molecule has 1 aliphatic rings. The molecule has 0 spiro atoms. The summed E-state index contributed by atoms with van der Waals surface area (Å²) < 4.78 is 37.9. The van der Waals surface area contributed by atoms with Crippen molar-refractivity contribution < 1.29 is 27.9 Å². The Hall–Kier alpha value is -2.31.